The van der Waals surface area contributed by atoms with Gasteiger partial charge in [0.1, 0.15) is 18.1 Å². The lowest BCUT2D eigenvalue weighted by molar-refractivity contribution is -0.0430. The molecule has 1 aliphatic rings. The van der Waals surface area contributed by atoms with Crippen LogP contribution >= 0.6 is 0 Å². The number of aliphatic hydroxyl groups excluding tert-OH is 2. The molecular formula is C11H14N4O4. The standard InChI is InChI=1S/C11H14N4O4/c12-9-5-1-2-15(10(5)14-11(18)13-9)8-3-6(17)7(4-16)19-8/h1-2,6-8,16-17H,3-4H2,(H3,12,13,14,18)/t6-,7+,8+/m0/s1. The lowest BCUT2D eigenvalue weighted by Crippen LogP contribution is -2.24. The number of nitrogen functional groups attached to an aromatic ring is 1. The molecule has 0 spiro atoms. The van der Waals surface area contributed by atoms with Crippen molar-refractivity contribution in [1.29, 1.82) is 0 Å². The van der Waals surface area contributed by atoms with Gasteiger partial charge in [-0.3, -0.25) is 4.98 Å². The molecule has 2 aromatic heterocycles. The summed E-state index contributed by atoms with van der Waals surface area (Å²) in [4.78, 5) is 17.6. The molecule has 1 aliphatic heterocycles. The van der Waals surface area contributed by atoms with Crippen LogP contribution in [-0.2, 0) is 4.74 Å². The predicted molar refractivity (Wildman–Crippen MR) is 66.4 cm³/mol. The fourth-order valence-corrected chi connectivity index (χ4v) is 2.36. The van der Waals surface area contributed by atoms with Crippen molar-refractivity contribution in [2.75, 3.05) is 12.3 Å². The third kappa shape index (κ3) is 1.89. The quantitative estimate of drug-likeness (QED) is 0.549. The number of fused-ring (bicyclic) bond motifs is 1. The van der Waals surface area contributed by atoms with Crippen LogP contribution < -0.4 is 11.4 Å². The number of aromatic nitrogens is 3. The van der Waals surface area contributed by atoms with Crippen LogP contribution in [-0.4, -0.2) is 43.6 Å². The van der Waals surface area contributed by atoms with Crippen LogP contribution in [0.1, 0.15) is 12.6 Å². The van der Waals surface area contributed by atoms with Gasteiger partial charge in [0, 0.05) is 12.6 Å². The number of aromatic amines is 1. The van der Waals surface area contributed by atoms with Gasteiger partial charge in [-0.15, -0.1) is 0 Å². The number of ether oxygens (including phenoxy) is 1. The molecule has 0 unspecified atom stereocenters. The second kappa shape index (κ2) is 4.34. The Hall–Kier alpha value is -1.90. The fourth-order valence-electron chi connectivity index (χ4n) is 2.36. The first kappa shape index (κ1) is 12.2. The highest BCUT2D eigenvalue weighted by Crippen LogP contribution is 2.31. The maximum atomic E-state index is 11.4. The van der Waals surface area contributed by atoms with Gasteiger partial charge in [0.05, 0.1) is 18.1 Å². The highest BCUT2D eigenvalue weighted by molar-refractivity contribution is 5.86. The Morgan fingerprint density at radius 1 is 1.63 bits per heavy atom. The molecule has 0 amide bonds. The molecule has 8 nitrogen and oxygen atoms in total. The largest absolute Gasteiger partial charge is 0.394 e. The third-order valence-corrected chi connectivity index (χ3v) is 3.32. The van der Waals surface area contributed by atoms with Crippen molar-refractivity contribution >= 4 is 16.9 Å². The summed E-state index contributed by atoms with van der Waals surface area (Å²) in [5, 5.41) is 19.4. The van der Waals surface area contributed by atoms with E-state index in [9.17, 15) is 9.90 Å². The monoisotopic (exact) mass is 266 g/mol. The van der Waals surface area contributed by atoms with E-state index in [1.807, 2.05) is 0 Å². The molecule has 3 atom stereocenters. The van der Waals surface area contributed by atoms with Gasteiger partial charge in [-0.2, -0.15) is 4.98 Å². The summed E-state index contributed by atoms with van der Waals surface area (Å²) in [5.74, 6) is 0.242. The molecule has 1 saturated heterocycles. The van der Waals surface area contributed by atoms with E-state index < -0.39 is 24.1 Å². The first-order valence-corrected chi connectivity index (χ1v) is 5.91. The Morgan fingerprint density at radius 3 is 3.11 bits per heavy atom. The summed E-state index contributed by atoms with van der Waals surface area (Å²) in [6.45, 7) is -0.257. The lowest BCUT2D eigenvalue weighted by atomic mass is 10.2. The average molecular weight is 266 g/mol. The van der Waals surface area contributed by atoms with E-state index in [4.69, 9.17) is 15.6 Å². The zero-order chi connectivity index (χ0) is 13.6. The number of nitrogens with two attached hydrogens (primary N) is 1. The van der Waals surface area contributed by atoms with E-state index in [1.54, 1.807) is 16.8 Å². The number of hydrogen-bond donors (Lipinski definition) is 4. The number of hydrogen-bond acceptors (Lipinski definition) is 6. The number of H-pyrrole nitrogens is 1. The smallest absolute Gasteiger partial charge is 0.348 e. The van der Waals surface area contributed by atoms with Crippen LogP contribution in [0, 0.1) is 0 Å². The van der Waals surface area contributed by atoms with Gasteiger partial charge in [-0.25, -0.2) is 4.79 Å². The van der Waals surface area contributed by atoms with Crippen LogP contribution in [0.4, 0.5) is 5.82 Å². The summed E-state index contributed by atoms with van der Waals surface area (Å²) >= 11 is 0. The Bertz CT molecular complexity index is 664. The van der Waals surface area contributed by atoms with E-state index in [2.05, 4.69) is 9.97 Å². The van der Waals surface area contributed by atoms with Crippen molar-refractivity contribution in [3.8, 4) is 0 Å². The molecule has 102 valence electrons. The van der Waals surface area contributed by atoms with Crippen LogP contribution in [0.2, 0.25) is 0 Å². The molecule has 0 aliphatic carbocycles. The second-order valence-corrected chi connectivity index (χ2v) is 4.53. The van der Waals surface area contributed by atoms with Gasteiger partial charge in [0.25, 0.3) is 0 Å². The average Bonchev–Trinajstić information content (AvgIpc) is 2.92. The zero-order valence-electron chi connectivity index (χ0n) is 9.98. The minimum Gasteiger partial charge on any atom is -0.394 e. The van der Waals surface area contributed by atoms with Crippen LogP contribution in [0.15, 0.2) is 17.1 Å². The normalized spacial score (nSPS) is 27.2. The van der Waals surface area contributed by atoms with Crippen molar-refractivity contribution in [1.82, 2.24) is 14.5 Å². The molecule has 1 fully saturated rings. The van der Waals surface area contributed by atoms with Crippen molar-refractivity contribution < 1.29 is 14.9 Å². The van der Waals surface area contributed by atoms with E-state index in [1.165, 1.54) is 0 Å². The molecule has 0 saturated carbocycles. The van der Waals surface area contributed by atoms with E-state index >= 15 is 0 Å². The number of rotatable bonds is 2. The maximum Gasteiger partial charge on any atom is 0.348 e. The first-order chi connectivity index (χ1) is 9.10. The molecule has 0 bridgehead atoms. The molecule has 2 aromatic rings. The molecule has 3 rings (SSSR count). The maximum absolute atomic E-state index is 11.4. The summed E-state index contributed by atoms with van der Waals surface area (Å²) < 4.78 is 7.16. The highest BCUT2D eigenvalue weighted by Gasteiger charge is 2.35. The molecule has 5 N–H and O–H groups in total. The molecular weight excluding hydrogens is 252 g/mol. The molecule has 0 aromatic carbocycles. The molecule has 8 heteroatoms. The van der Waals surface area contributed by atoms with Gasteiger partial charge in [-0.05, 0) is 6.07 Å². The van der Waals surface area contributed by atoms with Gasteiger partial charge >= 0.3 is 5.69 Å². The van der Waals surface area contributed by atoms with Crippen molar-refractivity contribution in [2.24, 2.45) is 0 Å². The Balaban J connectivity index is 2.05. The number of anilines is 1. The highest BCUT2D eigenvalue weighted by atomic mass is 16.5. The predicted octanol–water partition coefficient (Wildman–Crippen LogP) is -1.05. The van der Waals surface area contributed by atoms with Gasteiger partial charge in [0.15, 0.2) is 5.65 Å². The van der Waals surface area contributed by atoms with E-state index in [-0.39, 0.29) is 12.4 Å². The summed E-state index contributed by atoms with van der Waals surface area (Å²) in [6.07, 6.45) is 0.175. The minimum atomic E-state index is -0.744. The first-order valence-electron chi connectivity index (χ1n) is 5.91. The SMILES string of the molecule is Nc1[nH]c(=O)nc2c1ccn2[C@H]1C[C@H](O)[C@@H](CO)O1. The minimum absolute atomic E-state index is 0.242. The van der Waals surface area contributed by atoms with Gasteiger partial charge in [-0.1, -0.05) is 0 Å². The van der Waals surface area contributed by atoms with Crippen molar-refractivity contribution in [3.05, 3.63) is 22.7 Å². The number of nitrogens with zero attached hydrogens (tertiary/aromatic N) is 2. The van der Waals surface area contributed by atoms with Crippen molar-refractivity contribution in [2.45, 2.75) is 24.9 Å². The Morgan fingerprint density at radius 2 is 2.42 bits per heavy atom. The van der Waals surface area contributed by atoms with Gasteiger partial charge in [0.2, 0.25) is 0 Å². The molecule has 19 heavy (non-hydrogen) atoms. The van der Waals surface area contributed by atoms with Crippen molar-refractivity contribution in [3.63, 3.8) is 0 Å². The lowest BCUT2D eigenvalue weighted by Gasteiger charge is -2.14. The van der Waals surface area contributed by atoms with Crippen LogP contribution in [0.5, 0.6) is 0 Å². The number of nitrogens with one attached hydrogen (secondary N) is 1. The van der Waals surface area contributed by atoms with Crippen LogP contribution in [0.25, 0.3) is 11.0 Å². The van der Waals surface area contributed by atoms with E-state index in [0.29, 0.717) is 17.5 Å². The second-order valence-electron chi connectivity index (χ2n) is 4.53. The summed E-state index contributed by atoms with van der Waals surface area (Å²) in [5.41, 5.74) is 5.57. The summed E-state index contributed by atoms with van der Waals surface area (Å²) in [7, 11) is 0. The number of aliphatic hydroxyl groups is 2. The van der Waals surface area contributed by atoms with E-state index in [0.717, 1.165) is 0 Å². The summed E-state index contributed by atoms with van der Waals surface area (Å²) in [6, 6.07) is 1.72. The Kier molecular flexibility index (Phi) is 2.77. The zero-order valence-corrected chi connectivity index (χ0v) is 9.98. The Labute approximate surface area is 107 Å². The third-order valence-electron chi connectivity index (χ3n) is 3.32. The fraction of sp³-hybridized carbons (Fsp3) is 0.455. The molecule has 0 radical (unpaired) electrons. The molecule has 3 heterocycles. The topological polar surface area (TPSA) is 126 Å². The van der Waals surface area contributed by atoms with Gasteiger partial charge < -0.3 is 25.3 Å². The van der Waals surface area contributed by atoms with Crippen LogP contribution in [0.3, 0.4) is 0 Å².